The molecule has 1 amide bonds. The smallest absolute Gasteiger partial charge is 0.254 e. The van der Waals surface area contributed by atoms with Crippen molar-refractivity contribution in [2.75, 3.05) is 45.3 Å². The Balaban J connectivity index is 1.71. The Bertz CT molecular complexity index is 779. The van der Waals surface area contributed by atoms with Gasteiger partial charge in [-0.2, -0.15) is 0 Å². The molecule has 0 aliphatic carbocycles. The number of carbonyl (C=O) groups is 1. The van der Waals surface area contributed by atoms with Gasteiger partial charge >= 0.3 is 0 Å². The lowest BCUT2D eigenvalue weighted by Gasteiger charge is -2.24. The number of ether oxygens (including phenoxy) is 2. The predicted octanol–water partition coefficient (Wildman–Crippen LogP) is 2.76. The number of nitrogens with zero attached hydrogens (tertiary/aromatic N) is 3. The summed E-state index contributed by atoms with van der Waals surface area (Å²) in [6.07, 6.45) is 2.77. The van der Waals surface area contributed by atoms with Crippen LogP contribution in [0.5, 0.6) is 11.5 Å². The van der Waals surface area contributed by atoms with Gasteiger partial charge in [0.1, 0.15) is 0 Å². The molecule has 6 nitrogen and oxygen atoms in total. The summed E-state index contributed by atoms with van der Waals surface area (Å²) in [6.45, 7) is 5.16. The van der Waals surface area contributed by atoms with E-state index in [9.17, 15) is 4.79 Å². The van der Waals surface area contributed by atoms with Crippen molar-refractivity contribution in [3.63, 3.8) is 0 Å². The van der Waals surface area contributed by atoms with Crippen molar-refractivity contribution in [3.8, 4) is 11.5 Å². The summed E-state index contributed by atoms with van der Waals surface area (Å²) in [4.78, 5) is 21.4. The molecule has 1 aliphatic heterocycles. The van der Waals surface area contributed by atoms with Crippen LogP contribution in [0.4, 0.5) is 5.69 Å². The maximum absolute atomic E-state index is 12.9. The van der Waals surface area contributed by atoms with Crippen LogP contribution in [0.1, 0.15) is 22.5 Å². The zero-order valence-corrected chi connectivity index (χ0v) is 15.6. The molecule has 1 fully saturated rings. The number of hydrogen-bond donors (Lipinski definition) is 0. The summed E-state index contributed by atoms with van der Waals surface area (Å²) in [5, 5.41) is 0. The van der Waals surface area contributed by atoms with E-state index in [-0.39, 0.29) is 5.91 Å². The Kier molecular flexibility index (Phi) is 5.61. The second kappa shape index (κ2) is 8.08. The fraction of sp³-hybridized carbons (Fsp3) is 0.400. The van der Waals surface area contributed by atoms with Crippen LogP contribution in [-0.2, 0) is 0 Å². The van der Waals surface area contributed by atoms with Crippen LogP contribution < -0.4 is 14.4 Å². The molecule has 0 atom stereocenters. The van der Waals surface area contributed by atoms with Crippen LogP contribution in [-0.4, -0.2) is 56.2 Å². The number of aryl methyl sites for hydroxylation is 1. The topological polar surface area (TPSA) is 54.9 Å². The minimum Gasteiger partial charge on any atom is -0.493 e. The van der Waals surface area contributed by atoms with Crippen LogP contribution in [0.3, 0.4) is 0 Å². The van der Waals surface area contributed by atoms with Crippen molar-refractivity contribution in [2.24, 2.45) is 0 Å². The molecular weight excluding hydrogens is 330 g/mol. The number of carbonyl (C=O) groups excluding carboxylic acids is 1. The van der Waals surface area contributed by atoms with Gasteiger partial charge in [0.05, 0.1) is 14.2 Å². The van der Waals surface area contributed by atoms with E-state index in [1.165, 1.54) is 0 Å². The van der Waals surface area contributed by atoms with Crippen LogP contribution in [0.15, 0.2) is 36.5 Å². The second-order valence-electron chi connectivity index (χ2n) is 6.36. The molecule has 1 aliphatic rings. The van der Waals surface area contributed by atoms with Gasteiger partial charge in [0, 0.05) is 49.3 Å². The van der Waals surface area contributed by atoms with Gasteiger partial charge in [0.25, 0.3) is 5.91 Å². The molecule has 0 radical (unpaired) electrons. The first-order chi connectivity index (χ1) is 12.6. The Morgan fingerprint density at radius 1 is 1.00 bits per heavy atom. The molecule has 2 heterocycles. The largest absolute Gasteiger partial charge is 0.493 e. The summed E-state index contributed by atoms with van der Waals surface area (Å²) in [6, 6.07) is 9.43. The predicted molar refractivity (Wildman–Crippen MR) is 101 cm³/mol. The van der Waals surface area contributed by atoms with Crippen molar-refractivity contribution in [3.05, 3.63) is 47.8 Å². The molecular formula is C20H25N3O3. The molecule has 1 saturated heterocycles. The highest BCUT2D eigenvalue weighted by molar-refractivity contribution is 5.95. The molecule has 2 aromatic rings. The molecule has 26 heavy (non-hydrogen) atoms. The molecule has 0 unspecified atom stereocenters. The Labute approximate surface area is 154 Å². The average Bonchev–Trinajstić information content (AvgIpc) is 2.93. The van der Waals surface area contributed by atoms with E-state index in [2.05, 4.69) is 16.0 Å². The summed E-state index contributed by atoms with van der Waals surface area (Å²) in [5.74, 6) is 1.22. The number of hydrogen-bond acceptors (Lipinski definition) is 5. The number of amides is 1. The van der Waals surface area contributed by atoms with Gasteiger partial charge < -0.3 is 19.3 Å². The molecule has 1 aromatic carbocycles. The first-order valence-corrected chi connectivity index (χ1v) is 8.81. The van der Waals surface area contributed by atoms with Crippen LogP contribution in [0, 0.1) is 6.92 Å². The third kappa shape index (κ3) is 3.90. The zero-order valence-electron chi connectivity index (χ0n) is 15.6. The third-order valence-corrected chi connectivity index (χ3v) is 4.66. The Hall–Kier alpha value is -2.76. The average molecular weight is 355 g/mol. The zero-order chi connectivity index (χ0) is 18.5. The van der Waals surface area contributed by atoms with Gasteiger partial charge in [-0.25, -0.2) is 0 Å². The van der Waals surface area contributed by atoms with Gasteiger partial charge in [-0.15, -0.1) is 0 Å². The molecule has 0 saturated carbocycles. The van der Waals surface area contributed by atoms with E-state index in [0.29, 0.717) is 23.6 Å². The standard InChI is InChI=1S/C20H25N3O3/c1-15-13-17(7-8-21-15)22-9-4-10-23(12-11-22)20(24)16-5-6-18(25-2)19(14-16)26-3/h5-8,13-14H,4,9-12H2,1-3H3. The molecule has 0 N–H and O–H groups in total. The van der Waals surface area contributed by atoms with Crippen LogP contribution >= 0.6 is 0 Å². The van der Waals surface area contributed by atoms with E-state index in [0.717, 1.165) is 37.4 Å². The SMILES string of the molecule is COc1ccc(C(=O)N2CCCN(c3ccnc(C)c3)CC2)cc1OC. The number of benzene rings is 1. The summed E-state index contributed by atoms with van der Waals surface area (Å²) in [7, 11) is 3.16. The fourth-order valence-corrected chi connectivity index (χ4v) is 3.26. The van der Waals surface area contributed by atoms with Crippen LogP contribution in [0.25, 0.3) is 0 Å². The van der Waals surface area contributed by atoms with Crippen molar-refractivity contribution in [2.45, 2.75) is 13.3 Å². The second-order valence-corrected chi connectivity index (χ2v) is 6.36. The van der Waals surface area contributed by atoms with Gasteiger partial charge in [0.15, 0.2) is 11.5 Å². The lowest BCUT2D eigenvalue weighted by Crippen LogP contribution is -2.35. The minimum absolute atomic E-state index is 0.0266. The molecule has 6 heteroatoms. The number of pyridine rings is 1. The van der Waals surface area contributed by atoms with Crippen molar-refractivity contribution >= 4 is 11.6 Å². The highest BCUT2D eigenvalue weighted by Gasteiger charge is 2.21. The normalized spacial score (nSPS) is 14.7. The van der Waals surface area contributed by atoms with E-state index < -0.39 is 0 Å². The third-order valence-electron chi connectivity index (χ3n) is 4.66. The van der Waals surface area contributed by atoms with Gasteiger partial charge in [0.2, 0.25) is 0 Å². The van der Waals surface area contributed by atoms with E-state index in [1.54, 1.807) is 32.4 Å². The molecule has 3 rings (SSSR count). The lowest BCUT2D eigenvalue weighted by atomic mass is 10.1. The number of rotatable bonds is 4. The van der Waals surface area contributed by atoms with Gasteiger partial charge in [-0.3, -0.25) is 9.78 Å². The van der Waals surface area contributed by atoms with Gasteiger partial charge in [-0.1, -0.05) is 0 Å². The summed E-state index contributed by atoms with van der Waals surface area (Å²) < 4.78 is 10.6. The van der Waals surface area contributed by atoms with Crippen molar-refractivity contribution in [1.29, 1.82) is 0 Å². The Morgan fingerprint density at radius 3 is 2.54 bits per heavy atom. The Morgan fingerprint density at radius 2 is 1.81 bits per heavy atom. The van der Waals surface area contributed by atoms with Crippen LogP contribution in [0.2, 0.25) is 0 Å². The van der Waals surface area contributed by atoms with E-state index >= 15 is 0 Å². The first kappa shape index (κ1) is 18.0. The lowest BCUT2D eigenvalue weighted by molar-refractivity contribution is 0.0766. The fourth-order valence-electron chi connectivity index (χ4n) is 3.26. The molecule has 1 aromatic heterocycles. The first-order valence-electron chi connectivity index (χ1n) is 8.81. The minimum atomic E-state index is 0.0266. The maximum atomic E-state index is 12.9. The highest BCUT2D eigenvalue weighted by atomic mass is 16.5. The summed E-state index contributed by atoms with van der Waals surface area (Å²) in [5.41, 5.74) is 2.79. The van der Waals surface area contributed by atoms with E-state index in [1.807, 2.05) is 24.1 Å². The molecule has 0 spiro atoms. The monoisotopic (exact) mass is 355 g/mol. The number of methoxy groups -OCH3 is 2. The number of anilines is 1. The van der Waals surface area contributed by atoms with Gasteiger partial charge in [-0.05, 0) is 43.7 Å². The van der Waals surface area contributed by atoms with E-state index in [4.69, 9.17) is 9.47 Å². The maximum Gasteiger partial charge on any atom is 0.254 e. The van der Waals surface area contributed by atoms with Crippen molar-refractivity contribution in [1.82, 2.24) is 9.88 Å². The number of aromatic nitrogens is 1. The quantitative estimate of drug-likeness (QED) is 0.844. The highest BCUT2D eigenvalue weighted by Crippen LogP contribution is 2.28. The molecule has 138 valence electrons. The summed E-state index contributed by atoms with van der Waals surface area (Å²) >= 11 is 0. The molecule has 0 bridgehead atoms. The van der Waals surface area contributed by atoms with Crippen molar-refractivity contribution < 1.29 is 14.3 Å².